The molecule has 10 aromatic rings. The van der Waals surface area contributed by atoms with Crippen molar-refractivity contribution in [2.45, 2.75) is 213 Å². The standard InChI is InChI=1S/5C20H22O3S.5FH/c5*1-22-17-8-6-15(7-9-17)14-2-4-16(5-3-14)20(21)23-18-10-12-19(24)13-11-18;;;;;/h5*2-5,10-13,15,17,24H,6-9H2,1H3;5*1H. The van der Waals surface area contributed by atoms with Gasteiger partial charge < -0.3 is 47.4 Å². The molecule has 10 aromatic carbocycles. The third-order valence-electron chi connectivity index (χ3n) is 23.4. The van der Waals surface area contributed by atoms with Crippen molar-refractivity contribution in [3.63, 3.8) is 0 Å². The Morgan fingerprint density at radius 3 is 0.424 bits per heavy atom. The highest BCUT2D eigenvalue weighted by atomic mass is 32.1. The van der Waals surface area contributed by atoms with Crippen LogP contribution in [0.4, 0.5) is 23.5 Å². The Morgan fingerprint density at radius 1 is 0.192 bits per heavy atom. The lowest BCUT2D eigenvalue weighted by Gasteiger charge is -2.27. The molecule has 0 amide bonds. The van der Waals surface area contributed by atoms with Gasteiger partial charge in [-0.25, -0.2) is 24.0 Å². The lowest BCUT2D eigenvalue weighted by atomic mass is 9.82. The minimum atomic E-state index is -0.337. The van der Waals surface area contributed by atoms with E-state index in [9.17, 15) is 24.0 Å². The summed E-state index contributed by atoms with van der Waals surface area (Å²) in [4.78, 5) is 65.2. The molecule has 125 heavy (non-hydrogen) atoms. The van der Waals surface area contributed by atoms with Gasteiger partial charge >= 0.3 is 29.8 Å². The van der Waals surface area contributed by atoms with Crippen LogP contribution in [0.25, 0.3) is 0 Å². The van der Waals surface area contributed by atoms with Gasteiger partial charge in [0.2, 0.25) is 0 Å². The van der Waals surface area contributed by atoms with E-state index in [0.29, 0.717) is 117 Å². The van der Waals surface area contributed by atoms with Crippen molar-refractivity contribution in [1.82, 2.24) is 0 Å². The Kier molecular flexibility index (Phi) is 45.2. The molecule has 5 aliphatic carbocycles. The van der Waals surface area contributed by atoms with Gasteiger partial charge in [-0.15, -0.1) is 63.1 Å². The maximum absolute atomic E-state index is 12.2. The molecule has 0 radical (unpaired) electrons. The first-order valence-corrected chi connectivity index (χ1v) is 43.7. The monoisotopic (exact) mass is 1810 g/mol. The summed E-state index contributed by atoms with van der Waals surface area (Å²) in [7, 11) is 8.93. The molecule has 670 valence electrons. The molecule has 0 unspecified atom stereocenters. The molecule has 0 spiro atoms. The number of benzene rings is 10. The van der Waals surface area contributed by atoms with E-state index in [1.54, 1.807) is 157 Å². The highest BCUT2D eigenvalue weighted by Gasteiger charge is 2.28. The zero-order valence-corrected chi connectivity index (χ0v) is 75.4. The Balaban J connectivity index is 0.000000239. The fourth-order valence-corrected chi connectivity index (χ4v) is 16.8. The fourth-order valence-electron chi connectivity index (χ4n) is 16.0. The van der Waals surface area contributed by atoms with Crippen LogP contribution in [0.15, 0.2) is 267 Å². The van der Waals surface area contributed by atoms with Gasteiger partial charge in [0.05, 0.1) is 58.3 Å². The normalized spacial score (nSPS) is 19.8. The smallest absolute Gasteiger partial charge is 0.343 e. The first-order valence-electron chi connectivity index (χ1n) is 41.5. The predicted molar refractivity (Wildman–Crippen MR) is 498 cm³/mol. The summed E-state index contributed by atoms with van der Waals surface area (Å²) in [6.45, 7) is 0. The maximum Gasteiger partial charge on any atom is 0.343 e. The van der Waals surface area contributed by atoms with Gasteiger partial charge in [0.15, 0.2) is 0 Å². The van der Waals surface area contributed by atoms with E-state index >= 15 is 0 Å². The van der Waals surface area contributed by atoms with Crippen molar-refractivity contribution in [3.05, 3.63) is 298 Å². The van der Waals surface area contributed by atoms with Crippen LogP contribution >= 0.6 is 63.1 Å². The van der Waals surface area contributed by atoms with Gasteiger partial charge in [-0.1, -0.05) is 60.7 Å². The molecule has 5 fully saturated rings. The summed E-state index contributed by atoms with van der Waals surface area (Å²) in [5.74, 6) is 3.75. The second-order valence-corrected chi connectivity index (χ2v) is 33.7. The molecule has 5 saturated carbocycles. The van der Waals surface area contributed by atoms with Crippen molar-refractivity contribution in [2.24, 2.45) is 0 Å². The average Bonchev–Trinajstić information content (AvgIpc) is 0.855. The largest absolute Gasteiger partial charge is 0.423 e. The number of thiol groups is 5. The molecule has 0 saturated heterocycles. The molecule has 0 heterocycles. The molecule has 0 atom stereocenters. The van der Waals surface area contributed by atoms with Crippen LogP contribution < -0.4 is 23.7 Å². The molecule has 5 aliphatic rings. The highest BCUT2D eigenvalue weighted by Crippen LogP contribution is 2.40. The summed E-state index contributed by atoms with van der Waals surface area (Å²) in [6, 6.07) is 74.4. The number of ether oxygens (including phenoxy) is 10. The Hall–Kier alpha value is -9.25. The third-order valence-corrected chi connectivity index (χ3v) is 24.9. The van der Waals surface area contributed by atoms with Crippen LogP contribution in [0.1, 0.15) is 238 Å². The van der Waals surface area contributed by atoms with Crippen LogP contribution in [0.5, 0.6) is 28.7 Å². The maximum atomic E-state index is 12.2. The number of carbonyl (C=O) groups is 5. The summed E-state index contributed by atoms with van der Waals surface area (Å²) in [5.41, 5.74) is 9.30. The van der Waals surface area contributed by atoms with Crippen molar-refractivity contribution < 1.29 is 94.9 Å². The first-order chi connectivity index (χ1) is 58.3. The quantitative estimate of drug-likeness (QED) is 0.0211. The SMILES string of the molecule is COC1CCC(c2ccc(C(=O)Oc3ccc(S)cc3)cc2)CC1.COC1CCC(c2ccc(C(=O)Oc3ccc(S)cc3)cc2)CC1.COC1CCC(c2ccc(C(=O)Oc3ccc(S)cc3)cc2)CC1.COC1CCC(c2ccc(C(=O)Oc3ccc(S)cc3)cc2)CC1.COC1CCC(c2ccc(C(=O)Oc3ccc(S)cc3)cc2)CC1.F.F.F.F.F. The zero-order chi connectivity index (χ0) is 84.7. The van der Waals surface area contributed by atoms with Gasteiger partial charge in [-0.05, 0) is 368 Å². The van der Waals surface area contributed by atoms with Gasteiger partial charge in [-0.3, -0.25) is 23.5 Å². The van der Waals surface area contributed by atoms with E-state index < -0.39 is 0 Å². The van der Waals surface area contributed by atoms with Gasteiger partial charge in [0, 0.05) is 60.0 Å². The molecule has 15 nitrogen and oxygen atoms in total. The number of carbonyl (C=O) groups excluding carboxylic acids is 5. The molecule has 25 heteroatoms. The number of hydrogen-bond acceptors (Lipinski definition) is 20. The second-order valence-electron chi connectivity index (χ2n) is 31.1. The van der Waals surface area contributed by atoms with E-state index in [-0.39, 0.29) is 53.4 Å². The molecule has 15 rings (SSSR count). The van der Waals surface area contributed by atoms with Crippen molar-refractivity contribution in [2.75, 3.05) is 35.5 Å². The van der Waals surface area contributed by atoms with Crippen LogP contribution in [0.3, 0.4) is 0 Å². The number of hydrogen-bond donors (Lipinski definition) is 5. The van der Waals surface area contributed by atoms with Crippen molar-refractivity contribution in [3.8, 4) is 28.7 Å². The predicted octanol–water partition coefficient (Wildman–Crippen LogP) is 25.1. The summed E-state index contributed by atoms with van der Waals surface area (Å²) in [5, 5.41) is 0. The van der Waals surface area contributed by atoms with Crippen molar-refractivity contribution in [1.29, 1.82) is 0 Å². The zero-order valence-electron chi connectivity index (χ0n) is 70.9. The Bertz CT molecular complexity index is 4100. The average molecular weight is 1810 g/mol. The molecule has 0 aliphatic heterocycles. The van der Waals surface area contributed by atoms with Gasteiger partial charge in [0.25, 0.3) is 0 Å². The van der Waals surface area contributed by atoms with E-state index in [1.807, 2.05) is 121 Å². The molecule has 0 N–H and O–H groups in total. The van der Waals surface area contributed by atoms with Crippen LogP contribution in [-0.4, -0.2) is 95.9 Å². The third kappa shape index (κ3) is 32.8. The van der Waals surface area contributed by atoms with E-state index in [0.717, 1.165) is 153 Å². The summed E-state index contributed by atoms with van der Waals surface area (Å²) in [6.07, 6.45) is 24.4. The topological polar surface area (TPSA) is 178 Å². The Morgan fingerprint density at radius 2 is 0.312 bits per heavy atom. The van der Waals surface area contributed by atoms with E-state index in [4.69, 9.17) is 47.4 Å². The highest BCUT2D eigenvalue weighted by molar-refractivity contribution is 7.81. The number of esters is 5. The summed E-state index contributed by atoms with van der Waals surface area (Å²) < 4.78 is 54.0. The van der Waals surface area contributed by atoms with Crippen LogP contribution in [0, 0.1) is 0 Å². The lowest BCUT2D eigenvalue weighted by molar-refractivity contribution is 0.0657. The Labute approximate surface area is 758 Å². The first kappa shape index (κ1) is 105. The lowest BCUT2D eigenvalue weighted by Crippen LogP contribution is -2.19. The molecule has 0 bridgehead atoms. The molecular weight excluding hydrogens is 1700 g/mol. The number of methoxy groups -OCH3 is 5. The van der Waals surface area contributed by atoms with Crippen molar-refractivity contribution >= 4 is 93.0 Å². The van der Waals surface area contributed by atoms with E-state index in [1.165, 1.54) is 27.8 Å². The fraction of sp³-hybridized carbons (Fsp3) is 0.350. The minimum absolute atomic E-state index is 0. The van der Waals surface area contributed by atoms with Gasteiger partial charge in [-0.2, -0.15) is 0 Å². The van der Waals surface area contributed by atoms with Gasteiger partial charge in [0.1, 0.15) is 28.7 Å². The summed E-state index contributed by atoms with van der Waals surface area (Å²) >= 11 is 21.1. The van der Waals surface area contributed by atoms with Crippen LogP contribution in [0.2, 0.25) is 0 Å². The van der Waals surface area contributed by atoms with Crippen LogP contribution in [-0.2, 0) is 23.7 Å². The number of halogens is 5. The molecular formula is C100H115F5O15S5. The number of rotatable bonds is 20. The van der Waals surface area contributed by atoms with E-state index in [2.05, 4.69) is 63.1 Å². The molecule has 0 aromatic heterocycles. The second kappa shape index (κ2) is 54.0. The minimum Gasteiger partial charge on any atom is -0.423 e.